The van der Waals surface area contributed by atoms with E-state index in [1.54, 1.807) is 13.2 Å². The Kier molecular flexibility index (Phi) is 3.07. The summed E-state index contributed by atoms with van der Waals surface area (Å²) in [7, 11) is 1.62. The third kappa shape index (κ3) is 2.21. The van der Waals surface area contributed by atoms with Crippen LogP contribution >= 0.6 is 0 Å². The Balaban J connectivity index is 2.47. The highest BCUT2D eigenvalue weighted by Gasteiger charge is 2.05. The van der Waals surface area contributed by atoms with Crippen LogP contribution in [-0.2, 0) is 4.74 Å². The van der Waals surface area contributed by atoms with E-state index in [2.05, 4.69) is 5.16 Å². The smallest absolute Gasteiger partial charge is 0.241 e. The standard InChI is InChI=1S/C7H13N3O2/c1-6-5-7(12-9-6)10(8)3-4-11-2/h5H,3-4,8H2,1-2H3. The van der Waals surface area contributed by atoms with Gasteiger partial charge in [0.1, 0.15) is 0 Å². The number of rotatable bonds is 4. The minimum Gasteiger partial charge on any atom is -0.383 e. The molecule has 0 aliphatic heterocycles. The average molecular weight is 171 g/mol. The van der Waals surface area contributed by atoms with Gasteiger partial charge in [-0.25, -0.2) is 5.84 Å². The molecule has 0 atom stereocenters. The predicted molar refractivity (Wildman–Crippen MR) is 44.6 cm³/mol. The zero-order chi connectivity index (χ0) is 8.97. The lowest BCUT2D eigenvalue weighted by Gasteiger charge is -2.12. The monoisotopic (exact) mass is 171 g/mol. The first-order valence-electron chi connectivity index (χ1n) is 3.68. The van der Waals surface area contributed by atoms with Crippen molar-refractivity contribution in [1.82, 2.24) is 5.16 Å². The normalized spacial score (nSPS) is 10.2. The highest BCUT2D eigenvalue weighted by molar-refractivity contribution is 5.32. The number of hydrogen-bond acceptors (Lipinski definition) is 5. The Morgan fingerprint density at radius 1 is 1.75 bits per heavy atom. The van der Waals surface area contributed by atoms with E-state index in [1.807, 2.05) is 6.92 Å². The third-order valence-corrected chi connectivity index (χ3v) is 1.43. The van der Waals surface area contributed by atoms with Crippen molar-refractivity contribution in [2.75, 3.05) is 25.3 Å². The number of nitrogens with two attached hydrogens (primary N) is 1. The van der Waals surface area contributed by atoms with Crippen molar-refractivity contribution >= 4 is 5.88 Å². The zero-order valence-electron chi connectivity index (χ0n) is 7.28. The molecule has 0 aromatic carbocycles. The summed E-state index contributed by atoms with van der Waals surface area (Å²) in [6, 6.07) is 1.77. The van der Waals surface area contributed by atoms with Gasteiger partial charge in [0.25, 0.3) is 0 Å². The van der Waals surface area contributed by atoms with Gasteiger partial charge in [0, 0.05) is 13.2 Å². The Morgan fingerprint density at radius 3 is 3.00 bits per heavy atom. The van der Waals surface area contributed by atoms with Crippen molar-refractivity contribution in [3.05, 3.63) is 11.8 Å². The van der Waals surface area contributed by atoms with Crippen LogP contribution in [0.15, 0.2) is 10.6 Å². The third-order valence-electron chi connectivity index (χ3n) is 1.43. The van der Waals surface area contributed by atoms with Gasteiger partial charge in [-0.2, -0.15) is 0 Å². The summed E-state index contributed by atoms with van der Waals surface area (Å²) < 4.78 is 9.78. The quantitative estimate of drug-likeness (QED) is 0.521. The maximum absolute atomic E-state index is 5.61. The minimum absolute atomic E-state index is 0.560. The molecule has 1 heterocycles. The van der Waals surface area contributed by atoms with E-state index in [0.717, 1.165) is 5.69 Å². The fourth-order valence-corrected chi connectivity index (χ4v) is 0.785. The van der Waals surface area contributed by atoms with Crippen molar-refractivity contribution in [1.29, 1.82) is 0 Å². The highest BCUT2D eigenvalue weighted by Crippen LogP contribution is 2.10. The SMILES string of the molecule is COCCN(N)c1cc(C)no1. The summed E-state index contributed by atoms with van der Waals surface area (Å²) in [6.07, 6.45) is 0. The van der Waals surface area contributed by atoms with Crippen LogP contribution < -0.4 is 10.9 Å². The first kappa shape index (κ1) is 9.02. The van der Waals surface area contributed by atoms with E-state index in [4.69, 9.17) is 15.1 Å². The van der Waals surface area contributed by atoms with Crippen molar-refractivity contribution < 1.29 is 9.26 Å². The van der Waals surface area contributed by atoms with Crippen molar-refractivity contribution in [2.24, 2.45) is 5.84 Å². The van der Waals surface area contributed by atoms with E-state index in [0.29, 0.717) is 19.0 Å². The second kappa shape index (κ2) is 4.08. The van der Waals surface area contributed by atoms with Gasteiger partial charge in [-0.3, -0.25) is 5.01 Å². The van der Waals surface area contributed by atoms with Gasteiger partial charge in [0.15, 0.2) is 0 Å². The summed E-state index contributed by atoms with van der Waals surface area (Å²) in [5.74, 6) is 6.17. The first-order chi connectivity index (χ1) is 5.74. The molecule has 0 radical (unpaired) electrons. The molecule has 1 aromatic heterocycles. The second-order valence-electron chi connectivity index (χ2n) is 2.49. The Hall–Kier alpha value is -1.07. The topological polar surface area (TPSA) is 64.5 Å². The molecule has 0 aliphatic carbocycles. The van der Waals surface area contributed by atoms with Gasteiger partial charge >= 0.3 is 0 Å². The zero-order valence-corrected chi connectivity index (χ0v) is 7.28. The maximum Gasteiger partial charge on any atom is 0.241 e. The molecule has 0 bridgehead atoms. The van der Waals surface area contributed by atoms with Crippen molar-refractivity contribution in [2.45, 2.75) is 6.92 Å². The number of aromatic nitrogens is 1. The molecular weight excluding hydrogens is 158 g/mol. The molecular formula is C7H13N3O2. The van der Waals surface area contributed by atoms with Crippen LogP contribution in [0, 0.1) is 6.92 Å². The summed E-state index contributed by atoms with van der Waals surface area (Å²) in [6.45, 7) is 3.00. The van der Waals surface area contributed by atoms with Gasteiger partial charge < -0.3 is 9.26 Å². The van der Waals surface area contributed by atoms with Crippen LogP contribution in [0.5, 0.6) is 0 Å². The fraction of sp³-hybridized carbons (Fsp3) is 0.571. The second-order valence-corrected chi connectivity index (χ2v) is 2.49. The van der Waals surface area contributed by atoms with Crippen LogP contribution in [0.1, 0.15) is 5.69 Å². The minimum atomic E-state index is 0.560. The van der Waals surface area contributed by atoms with E-state index in [1.165, 1.54) is 5.01 Å². The highest BCUT2D eigenvalue weighted by atomic mass is 16.5. The summed E-state index contributed by atoms with van der Waals surface area (Å²) in [4.78, 5) is 0. The molecule has 0 unspecified atom stereocenters. The lowest BCUT2D eigenvalue weighted by Crippen LogP contribution is -2.33. The van der Waals surface area contributed by atoms with Crippen molar-refractivity contribution in [3.8, 4) is 0 Å². The van der Waals surface area contributed by atoms with Crippen molar-refractivity contribution in [3.63, 3.8) is 0 Å². The molecule has 68 valence electrons. The largest absolute Gasteiger partial charge is 0.383 e. The number of anilines is 1. The molecule has 2 N–H and O–H groups in total. The molecule has 0 fully saturated rings. The molecule has 0 saturated carbocycles. The van der Waals surface area contributed by atoms with Gasteiger partial charge in [-0.15, -0.1) is 0 Å². The average Bonchev–Trinajstić information content (AvgIpc) is 2.47. The van der Waals surface area contributed by atoms with Crippen LogP contribution in [0.4, 0.5) is 5.88 Å². The van der Waals surface area contributed by atoms with Crippen LogP contribution in [0.25, 0.3) is 0 Å². The Morgan fingerprint density at radius 2 is 2.50 bits per heavy atom. The molecule has 5 heteroatoms. The Bertz CT molecular complexity index is 236. The molecule has 5 nitrogen and oxygen atoms in total. The van der Waals surface area contributed by atoms with Crippen LogP contribution in [0.3, 0.4) is 0 Å². The van der Waals surface area contributed by atoms with Gasteiger partial charge in [-0.1, -0.05) is 5.16 Å². The fourth-order valence-electron chi connectivity index (χ4n) is 0.785. The van der Waals surface area contributed by atoms with Gasteiger partial charge in [0.2, 0.25) is 5.88 Å². The number of methoxy groups -OCH3 is 1. The molecule has 0 spiro atoms. The summed E-state index contributed by atoms with van der Waals surface area (Å²) in [5, 5.41) is 5.17. The van der Waals surface area contributed by atoms with Crippen LogP contribution in [0.2, 0.25) is 0 Å². The molecule has 0 amide bonds. The summed E-state index contributed by atoms with van der Waals surface area (Å²) >= 11 is 0. The van der Waals surface area contributed by atoms with E-state index in [9.17, 15) is 0 Å². The molecule has 0 saturated heterocycles. The lowest BCUT2D eigenvalue weighted by molar-refractivity contribution is 0.203. The molecule has 1 rings (SSSR count). The Labute approximate surface area is 71.0 Å². The predicted octanol–water partition coefficient (Wildman–Crippen LogP) is 0.310. The number of aryl methyl sites for hydroxylation is 1. The van der Waals surface area contributed by atoms with E-state index < -0.39 is 0 Å². The number of ether oxygens (including phenoxy) is 1. The summed E-state index contributed by atoms with van der Waals surface area (Å²) in [5.41, 5.74) is 0.817. The molecule has 0 aliphatic rings. The maximum atomic E-state index is 5.61. The van der Waals surface area contributed by atoms with Crippen LogP contribution in [-0.4, -0.2) is 25.4 Å². The van der Waals surface area contributed by atoms with Gasteiger partial charge in [-0.05, 0) is 6.92 Å². The molecule has 1 aromatic rings. The first-order valence-corrected chi connectivity index (χ1v) is 3.68. The van der Waals surface area contributed by atoms with E-state index in [-0.39, 0.29) is 0 Å². The lowest BCUT2D eigenvalue weighted by atomic mass is 10.4. The number of hydrazine groups is 1. The van der Waals surface area contributed by atoms with E-state index >= 15 is 0 Å². The molecule has 12 heavy (non-hydrogen) atoms. The number of hydrogen-bond donors (Lipinski definition) is 1. The van der Waals surface area contributed by atoms with Gasteiger partial charge in [0.05, 0.1) is 18.8 Å². The number of nitrogens with zero attached hydrogens (tertiary/aromatic N) is 2.